The number of aryl methyl sites for hydroxylation is 1. The standard InChI is InChI=1S/C25H21ClN4OS2/c1-3-16-6-12-19(13-7-16)30-15(2)21(24-28-23(29-31-24)20-5-4-14-33-20)22(27-25(30)32)17-8-10-18(26)11-9-17/h4-14,22H,3H2,1-2H3,(H,27,32). The molecule has 1 aliphatic rings. The number of rotatable bonds is 5. The van der Waals surface area contributed by atoms with Crippen molar-refractivity contribution < 1.29 is 4.52 Å². The van der Waals surface area contributed by atoms with Gasteiger partial charge in [0, 0.05) is 16.4 Å². The monoisotopic (exact) mass is 492 g/mol. The van der Waals surface area contributed by atoms with Crippen molar-refractivity contribution in [2.75, 3.05) is 4.90 Å². The van der Waals surface area contributed by atoms with E-state index in [1.165, 1.54) is 5.56 Å². The number of aromatic nitrogens is 2. The van der Waals surface area contributed by atoms with Gasteiger partial charge in [0.1, 0.15) is 0 Å². The van der Waals surface area contributed by atoms with Gasteiger partial charge in [-0.25, -0.2) is 0 Å². The third-order valence-corrected chi connectivity index (χ3v) is 7.11. The van der Waals surface area contributed by atoms with E-state index in [0.29, 0.717) is 21.9 Å². The zero-order valence-corrected chi connectivity index (χ0v) is 20.5. The molecule has 0 aliphatic carbocycles. The molecule has 3 heterocycles. The SMILES string of the molecule is CCc1ccc(N2C(=S)NC(c3ccc(Cl)cc3)C(c3nc(-c4cccs4)no3)=C2C)cc1. The fraction of sp³-hybridized carbons (Fsp3) is 0.160. The zero-order chi connectivity index (χ0) is 22.9. The van der Waals surface area contributed by atoms with E-state index in [1.807, 2.05) is 53.6 Å². The van der Waals surface area contributed by atoms with Crippen LogP contribution in [-0.4, -0.2) is 15.3 Å². The number of hydrogen-bond acceptors (Lipinski definition) is 5. The first-order valence-corrected chi connectivity index (χ1v) is 12.3. The Morgan fingerprint density at radius 3 is 2.55 bits per heavy atom. The number of halogens is 1. The quantitative estimate of drug-likeness (QED) is 0.306. The van der Waals surface area contributed by atoms with Gasteiger partial charge in [-0.05, 0) is 72.4 Å². The summed E-state index contributed by atoms with van der Waals surface area (Å²) in [7, 11) is 0. The Morgan fingerprint density at radius 2 is 1.88 bits per heavy atom. The summed E-state index contributed by atoms with van der Waals surface area (Å²) in [6.07, 6.45) is 0.981. The highest BCUT2D eigenvalue weighted by Crippen LogP contribution is 2.39. The van der Waals surface area contributed by atoms with Gasteiger partial charge < -0.3 is 9.84 Å². The van der Waals surface area contributed by atoms with Crippen LogP contribution in [0.25, 0.3) is 16.3 Å². The Bertz CT molecular complexity index is 1310. The zero-order valence-electron chi connectivity index (χ0n) is 18.1. The second kappa shape index (κ2) is 9.09. The van der Waals surface area contributed by atoms with Crippen LogP contribution in [0.2, 0.25) is 5.02 Å². The van der Waals surface area contributed by atoms with Crippen molar-refractivity contribution in [3.63, 3.8) is 0 Å². The summed E-state index contributed by atoms with van der Waals surface area (Å²) in [6.45, 7) is 4.18. The molecule has 1 atom stereocenters. The van der Waals surface area contributed by atoms with Gasteiger partial charge in [-0.1, -0.05) is 54.0 Å². The van der Waals surface area contributed by atoms with E-state index in [1.54, 1.807) is 11.3 Å². The average molecular weight is 493 g/mol. The largest absolute Gasteiger partial charge is 0.351 e. The van der Waals surface area contributed by atoms with Crippen LogP contribution in [0.4, 0.5) is 5.69 Å². The van der Waals surface area contributed by atoms with Crippen molar-refractivity contribution in [3.8, 4) is 10.7 Å². The second-order valence-corrected chi connectivity index (χ2v) is 9.46. The van der Waals surface area contributed by atoms with Crippen LogP contribution < -0.4 is 10.2 Å². The van der Waals surface area contributed by atoms with Crippen LogP contribution in [-0.2, 0) is 6.42 Å². The van der Waals surface area contributed by atoms with Crippen LogP contribution >= 0.6 is 35.2 Å². The van der Waals surface area contributed by atoms with Gasteiger partial charge in [-0.2, -0.15) is 4.98 Å². The van der Waals surface area contributed by atoms with Gasteiger partial charge in [-0.15, -0.1) is 11.3 Å². The number of nitrogens with zero attached hydrogens (tertiary/aromatic N) is 3. The van der Waals surface area contributed by atoms with Crippen molar-refractivity contribution >= 4 is 51.5 Å². The predicted molar refractivity (Wildman–Crippen MR) is 138 cm³/mol. The van der Waals surface area contributed by atoms with E-state index in [-0.39, 0.29) is 6.04 Å². The highest BCUT2D eigenvalue weighted by atomic mass is 35.5. The van der Waals surface area contributed by atoms with Gasteiger partial charge in [0.15, 0.2) is 5.11 Å². The van der Waals surface area contributed by atoms with Crippen molar-refractivity contribution in [2.24, 2.45) is 0 Å². The first-order valence-electron chi connectivity index (χ1n) is 10.6. The Morgan fingerprint density at radius 1 is 1.12 bits per heavy atom. The molecule has 1 unspecified atom stereocenters. The predicted octanol–water partition coefficient (Wildman–Crippen LogP) is 6.88. The Hall–Kier alpha value is -3.00. The molecule has 0 bridgehead atoms. The fourth-order valence-electron chi connectivity index (χ4n) is 3.96. The highest BCUT2D eigenvalue weighted by Gasteiger charge is 2.34. The van der Waals surface area contributed by atoms with E-state index in [9.17, 15) is 0 Å². The Kier molecular flexibility index (Phi) is 6.01. The van der Waals surface area contributed by atoms with E-state index < -0.39 is 0 Å². The smallest absolute Gasteiger partial charge is 0.258 e. The first kappa shape index (κ1) is 21.8. The Balaban J connectivity index is 1.64. The number of benzene rings is 2. The molecule has 33 heavy (non-hydrogen) atoms. The van der Waals surface area contributed by atoms with Gasteiger partial charge in [-0.3, -0.25) is 4.90 Å². The summed E-state index contributed by atoms with van der Waals surface area (Å²) in [5, 5.41) is 11.0. The molecule has 5 rings (SSSR count). The van der Waals surface area contributed by atoms with E-state index in [4.69, 9.17) is 33.3 Å². The molecule has 1 N–H and O–H groups in total. The molecular weight excluding hydrogens is 472 g/mol. The topological polar surface area (TPSA) is 54.2 Å². The molecule has 2 aromatic carbocycles. The summed E-state index contributed by atoms with van der Waals surface area (Å²) >= 11 is 13.5. The van der Waals surface area contributed by atoms with E-state index >= 15 is 0 Å². The number of hydrogen-bond donors (Lipinski definition) is 1. The lowest BCUT2D eigenvalue weighted by Gasteiger charge is -2.37. The number of allylic oxidation sites excluding steroid dienone is 1. The molecular formula is C25H21ClN4OS2. The maximum Gasteiger partial charge on any atom is 0.258 e. The van der Waals surface area contributed by atoms with Crippen molar-refractivity contribution in [1.82, 2.24) is 15.5 Å². The molecule has 0 saturated carbocycles. The molecule has 0 saturated heterocycles. The summed E-state index contributed by atoms with van der Waals surface area (Å²) in [4.78, 5) is 7.71. The lowest BCUT2D eigenvalue weighted by Crippen LogP contribution is -2.46. The van der Waals surface area contributed by atoms with Gasteiger partial charge in [0.05, 0.1) is 16.5 Å². The minimum absolute atomic E-state index is 0.252. The average Bonchev–Trinajstić information content (AvgIpc) is 3.52. The summed E-state index contributed by atoms with van der Waals surface area (Å²) < 4.78 is 5.78. The van der Waals surface area contributed by atoms with Gasteiger partial charge >= 0.3 is 0 Å². The molecule has 5 nitrogen and oxygen atoms in total. The summed E-state index contributed by atoms with van der Waals surface area (Å²) in [6, 6.07) is 19.8. The summed E-state index contributed by atoms with van der Waals surface area (Å²) in [5.41, 5.74) is 5.07. The third-order valence-electron chi connectivity index (χ3n) is 5.69. The minimum Gasteiger partial charge on any atom is -0.351 e. The Labute approximate surface area is 206 Å². The second-order valence-electron chi connectivity index (χ2n) is 7.69. The third kappa shape index (κ3) is 4.19. The number of thiophene rings is 1. The minimum atomic E-state index is -0.252. The summed E-state index contributed by atoms with van der Waals surface area (Å²) in [5.74, 6) is 1.03. The lowest BCUT2D eigenvalue weighted by molar-refractivity contribution is 0.404. The van der Waals surface area contributed by atoms with E-state index in [0.717, 1.165) is 33.8 Å². The van der Waals surface area contributed by atoms with E-state index in [2.05, 4.69) is 41.7 Å². The first-order chi connectivity index (χ1) is 16.0. The van der Waals surface area contributed by atoms with Crippen LogP contribution in [0.5, 0.6) is 0 Å². The van der Waals surface area contributed by atoms with Crippen LogP contribution in [0, 0.1) is 0 Å². The fourth-order valence-corrected chi connectivity index (χ4v) is 5.09. The maximum atomic E-state index is 6.14. The van der Waals surface area contributed by atoms with Crippen molar-refractivity contribution in [2.45, 2.75) is 26.3 Å². The van der Waals surface area contributed by atoms with Crippen LogP contribution in [0.3, 0.4) is 0 Å². The molecule has 166 valence electrons. The molecule has 0 amide bonds. The van der Waals surface area contributed by atoms with Gasteiger partial charge in [0.25, 0.3) is 5.89 Å². The normalized spacial score (nSPS) is 16.3. The van der Waals surface area contributed by atoms with Crippen LogP contribution in [0.15, 0.2) is 76.3 Å². The lowest BCUT2D eigenvalue weighted by atomic mass is 9.94. The van der Waals surface area contributed by atoms with Crippen molar-refractivity contribution in [1.29, 1.82) is 0 Å². The van der Waals surface area contributed by atoms with Crippen molar-refractivity contribution in [3.05, 3.63) is 93.8 Å². The highest BCUT2D eigenvalue weighted by molar-refractivity contribution is 7.80. The van der Waals surface area contributed by atoms with Crippen LogP contribution in [0.1, 0.15) is 36.9 Å². The molecule has 4 aromatic rings. The number of nitrogens with one attached hydrogen (secondary N) is 1. The molecule has 0 fully saturated rings. The number of thiocarbonyl (C=S) groups is 1. The van der Waals surface area contributed by atoms with Gasteiger partial charge in [0.2, 0.25) is 5.82 Å². The maximum absolute atomic E-state index is 6.14. The molecule has 0 radical (unpaired) electrons. The molecule has 8 heteroatoms. The molecule has 1 aliphatic heterocycles. The molecule has 2 aromatic heterocycles. The number of anilines is 1. The molecule has 0 spiro atoms.